The lowest BCUT2D eigenvalue weighted by Crippen LogP contribution is -3.06. The van der Waals surface area contributed by atoms with Crippen molar-refractivity contribution in [2.24, 2.45) is 0 Å². The number of amides is 1. The molecule has 1 saturated carbocycles. The molecule has 0 heterocycles. The van der Waals surface area contributed by atoms with Crippen molar-refractivity contribution < 1.29 is 33.8 Å². The SMILES string of the molecule is CO[C@H]1C[C@](OCc2ccc(F)cc2)(C(=O)NCC[NH+](C)C)C[C@@H](O)[C@H]1O. The molecule has 27 heavy (non-hydrogen) atoms. The summed E-state index contributed by atoms with van der Waals surface area (Å²) in [5, 5.41) is 23.2. The van der Waals surface area contributed by atoms with Crippen LogP contribution in [0.2, 0.25) is 0 Å². The van der Waals surface area contributed by atoms with Gasteiger partial charge in [0.05, 0.1) is 46.0 Å². The van der Waals surface area contributed by atoms with Crippen molar-refractivity contribution in [2.75, 3.05) is 34.3 Å². The number of carbonyl (C=O) groups is 1. The van der Waals surface area contributed by atoms with Crippen LogP contribution in [0.15, 0.2) is 24.3 Å². The number of benzene rings is 1. The molecule has 1 amide bonds. The van der Waals surface area contributed by atoms with Crippen molar-refractivity contribution in [2.45, 2.75) is 43.4 Å². The van der Waals surface area contributed by atoms with E-state index in [1.807, 2.05) is 14.1 Å². The van der Waals surface area contributed by atoms with E-state index in [-0.39, 0.29) is 31.2 Å². The van der Waals surface area contributed by atoms with E-state index in [4.69, 9.17) is 9.47 Å². The van der Waals surface area contributed by atoms with Crippen LogP contribution in [0.25, 0.3) is 0 Å². The maximum absolute atomic E-state index is 13.1. The molecule has 0 spiro atoms. The molecule has 1 aromatic rings. The molecular formula is C19H30FN2O5+. The summed E-state index contributed by atoms with van der Waals surface area (Å²) in [7, 11) is 5.38. The maximum atomic E-state index is 13.1. The molecule has 4 atom stereocenters. The minimum absolute atomic E-state index is 0.0458. The van der Waals surface area contributed by atoms with E-state index >= 15 is 0 Å². The number of rotatable bonds is 8. The Kier molecular flexibility index (Phi) is 7.69. The Labute approximate surface area is 159 Å². The van der Waals surface area contributed by atoms with E-state index < -0.39 is 23.9 Å². The summed E-state index contributed by atoms with van der Waals surface area (Å²) in [5.74, 6) is -0.702. The van der Waals surface area contributed by atoms with E-state index in [0.717, 1.165) is 6.54 Å². The first-order chi connectivity index (χ1) is 12.8. The van der Waals surface area contributed by atoms with Crippen molar-refractivity contribution >= 4 is 5.91 Å². The van der Waals surface area contributed by atoms with Gasteiger partial charge in [-0.2, -0.15) is 0 Å². The summed E-state index contributed by atoms with van der Waals surface area (Å²) >= 11 is 0. The normalized spacial score (nSPS) is 28.3. The summed E-state index contributed by atoms with van der Waals surface area (Å²) in [6.45, 7) is 1.27. The van der Waals surface area contributed by atoms with Crippen LogP contribution in [0.4, 0.5) is 4.39 Å². The number of likely N-dealkylation sites (N-methyl/N-ethyl adjacent to an activating group) is 1. The second kappa shape index (κ2) is 9.57. The number of ether oxygens (including phenoxy) is 2. The zero-order valence-electron chi connectivity index (χ0n) is 16.1. The Balaban J connectivity index is 2.16. The molecule has 152 valence electrons. The van der Waals surface area contributed by atoms with E-state index in [0.29, 0.717) is 12.1 Å². The first-order valence-corrected chi connectivity index (χ1v) is 9.12. The monoisotopic (exact) mass is 385 g/mol. The molecule has 2 rings (SSSR count). The highest BCUT2D eigenvalue weighted by molar-refractivity contribution is 5.85. The number of halogens is 1. The highest BCUT2D eigenvalue weighted by Gasteiger charge is 2.51. The molecular weight excluding hydrogens is 355 g/mol. The van der Waals surface area contributed by atoms with Crippen LogP contribution in [0.1, 0.15) is 18.4 Å². The molecule has 0 radical (unpaired) electrons. The topological polar surface area (TPSA) is 92.5 Å². The predicted octanol–water partition coefficient (Wildman–Crippen LogP) is -1.13. The van der Waals surface area contributed by atoms with E-state index in [2.05, 4.69) is 5.32 Å². The molecule has 0 saturated heterocycles. The third kappa shape index (κ3) is 5.70. The largest absolute Gasteiger partial charge is 0.390 e. The molecule has 7 nitrogen and oxygen atoms in total. The predicted molar refractivity (Wildman–Crippen MR) is 96.7 cm³/mol. The quantitative estimate of drug-likeness (QED) is 0.455. The van der Waals surface area contributed by atoms with Gasteiger partial charge in [-0.25, -0.2) is 4.39 Å². The van der Waals surface area contributed by atoms with Crippen molar-refractivity contribution in [3.05, 3.63) is 35.6 Å². The van der Waals surface area contributed by atoms with Gasteiger partial charge >= 0.3 is 0 Å². The number of quaternary nitrogens is 1. The van der Waals surface area contributed by atoms with Crippen LogP contribution in [-0.4, -0.2) is 74.3 Å². The van der Waals surface area contributed by atoms with Gasteiger partial charge < -0.3 is 29.9 Å². The lowest BCUT2D eigenvalue weighted by Gasteiger charge is -2.43. The van der Waals surface area contributed by atoms with E-state index in [9.17, 15) is 19.4 Å². The van der Waals surface area contributed by atoms with E-state index in [1.165, 1.54) is 24.1 Å². The van der Waals surface area contributed by atoms with E-state index in [1.54, 1.807) is 12.1 Å². The Morgan fingerprint density at radius 1 is 1.30 bits per heavy atom. The molecule has 1 aromatic carbocycles. The zero-order chi connectivity index (χ0) is 20.0. The lowest BCUT2D eigenvalue weighted by molar-refractivity contribution is -0.856. The maximum Gasteiger partial charge on any atom is 0.252 e. The molecule has 1 fully saturated rings. The minimum Gasteiger partial charge on any atom is -0.390 e. The molecule has 0 unspecified atom stereocenters. The van der Waals surface area contributed by atoms with Crippen LogP contribution in [-0.2, 0) is 20.9 Å². The van der Waals surface area contributed by atoms with Gasteiger partial charge in [0.15, 0.2) is 5.60 Å². The number of aliphatic hydroxyl groups excluding tert-OH is 2. The van der Waals surface area contributed by atoms with Crippen molar-refractivity contribution in [1.82, 2.24) is 5.32 Å². The summed E-state index contributed by atoms with van der Waals surface area (Å²) in [5.41, 5.74) is -0.633. The number of methoxy groups -OCH3 is 1. The Morgan fingerprint density at radius 2 is 1.96 bits per heavy atom. The highest BCUT2D eigenvalue weighted by Crippen LogP contribution is 2.35. The zero-order valence-corrected chi connectivity index (χ0v) is 16.1. The van der Waals surface area contributed by atoms with Gasteiger partial charge in [0.25, 0.3) is 5.91 Å². The van der Waals surface area contributed by atoms with Crippen LogP contribution in [0.3, 0.4) is 0 Å². The molecule has 4 N–H and O–H groups in total. The van der Waals surface area contributed by atoms with Crippen molar-refractivity contribution in [1.29, 1.82) is 0 Å². The molecule has 1 aliphatic carbocycles. The van der Waals surface area contributed by atoms with Gasteiger partial charge in [-0.05, 0) is 17.7 Å². The van der Waals surface area contributed by atoms with Gasteiger partial charge in [0.2, 0.25) is 0 Å². The molecule has 0 bridgehead atoms. The Bertz CT molecular complexity index is 613. The van der Waals surface area contributed by atoms with Gasteiger partial charge in [-0.1, -0.05) is 12.1 Å². The van der Waals surface area contributed by atoms with Crippen LogP contribution >= 0.6 is 0 Å². The third-order valence-electron chi connectivity index (χ3n) is 4.90. The molecule has 8 heteroatoms. The van der Waals surface area contributed by atoms with Crippen molar-refractivity contribution in [3.63, 3.8) is 0 Å². The van der Waals surface area contributed by atoms with Crippen LogP contribution in [0.5, 0.6) is 0 Å². The second-order valence-corrected chi connectivity index (χ2v) is 7.36. The lowest BCUT2D eigenvalue weighted by atomic mass is 9.78. The summed E-state index contributed by atoms with van der Waals surface area (Å²) in [6.07, 6.45) is -2.90. The first kappa shape index (κ1) is 21.7. The standard InChI is InChI=1S/C19H29FN2O5/c1-22(2)9-8-21-18(25)19(10-15(23)17(24)16(11-19)26-3)27-12-13-4-6-14(20)7-5-13/h4-7,15-17,23-24H,8-12H2,1-3H3,(H,21,25)/p+1/t15-,16+,17-,19+/m1/s1. The average molecular weight is 385 g/mol. The minimum atomic E-state index is -1.34. The molecule has 0 aromatic heterocycles. The summed E-state index contributed by atoms with van der Waals surface area (Å²) in [4.78, 5) is 14.1. The van der Waals surface area contributed by atoms with Gasteiger partial charge in [-0.15, -0.1) is 0 Å². The fourth-order valence-corrected chi connectivity index (χ4v) is 3.22. The smallest absolute Gasteiger partial charge is 0.252 e. The van der Waals surface area contributed by atoms with Crippen LogP contribution < -0.4 is 10.2 Å². The Morgan fingerprint density at radius 3 is 2.56 bits per heavy atom. The number of hydrogen-bond donors (Lipinski definition) is 4. The summed E-state index contributed by atoms with van der Waals surface area (Å²) in [6, 6.07) is 5.81. The fourth-order valence-electron chi connectivity index (χ4n) is 3.22. The number of aliphatic hydroxyl groups is 2. The van der Waals surface area contributed by atoms with Gasteiger partial charge in [0.1, 0.15) is 11.9 Å². The molecule has 1 aliphatic rings. The van der Waals surface area contributed by atoms with Gasteiger partial charge in [0, 0.05) is 20.0 Å². The van der Waals surface area contributed by atoms with Crippen LogP contribution in [0, 0.1) is 5.82 Å². The first-order valence-electron chi connectivity index (χ1n) is 9.12. The van der Waals surface area contributed by atoms with Gasteiger partial charge in [-0.3, -0.25) is 4.79 Å². The number of nitrogens with one attached hydrogen (secondary N) is 2. The average Bonchev–Trinajstić information content (AvgIpc) is 2.63. The highest BCUT2D eigenvalue weighted by atomic mass is 19.1. The number of hydrogen-bond acceptors (Lipinski definition) is 5. The summed E-state index contributed by atoms with van der Waals surface area (Å²) < 4.78 is 24.3. The number of carbonyl (C=O) groups excluding carboxylic acids is 1. The Hall–Kier alpha value is -1.58. The molecule has 0 aliphatic heterocycles. The van der Waals surface area contributed by atoms with Crippen molar-refractivity contribution in [3.8, 4) is 0 Å². The second-order valence-electron chi connectivity index (χ2n) is 7.36. The fraction of sp³-hybridized carbons (Fsp3) is 0.632. The third-order valence-corrected chi connectivity index (χ3v) is 4.90.